The average molecular weight is 402 g/mol. The molecule has 1 unspecified atom stereocenters. The number of hydrogen-bond donors (Lipinski definition) is 1. The highest BCUT2D eigenvalue weighted by atomic mass is 16.5. The van der Waals surface area contributed by atoms with E-state index < -0.39 is 0 Å². The number of nitrogens with one attached hydrogen (secondary N) is 1. The van der Waals surface area contributed by atoms with E-state index in [9.17, 15) is 0 Å². The summed E-state index contributed by atoms with van der Waals surface area (Å²) in [6.07, 6.45) is 7.32. The van der Waals surface area contributed by atoms with Gasteiger partial charge in [0.1, 0.15) is 5.69 Å². The summed E-state index contributed by atoms with van der Waals surface area (Å²) in [4.78, 5) is 25.1. The molecule has 0 radical (unpaired) electrons. The number of fused-ring (bicyclic) bond motifs is 1. The minimum absolute atomic E-state index is 0.0627. The fourth-order valence-corrected chi connectivity index (χ4v) is 3.72. The number of nitrogens with zero attached hydrogens (tertiary/aromatic N) is 7. The Kier molecular flexibility index (Phi) is 4.72. The largest absolute Gasteiger partial charge is 0.378 e. The number of aromatic nitrogens is 6. The second-order valence-corrected chi connectivity index (χ2v) is 7.56. The van der Waals surface area contributed by atoms with E-state index in [1.54, 1.807) is 24.9 Å². The van der Waals surface area contributed by atoms with Gasteiger partial charge in [-0.15, -0.1) is 0 Å². The Balaban J connectivity index is 1.43. The quantitative estimate of drug-likeness (QED) is 0.544. The third-order valence-electron chi connectivity index (χ3n) is 5.35. The number of rotatable bonds is 5. The van der Waals surface area contributed by atoms with Crippen LogP contribution in [0.3, 0.4) is 0 Å². The zero-order valence-electron chi connectivity index (χ0n) is 16.9. The van der Waals surface area contributed by atoms with Gasteiger partial charge in [0, 0.05) is 51.7 Å². The van der Waals surface area contributed by atoms with Crippen molar-refractivity contribution >= 4 is 5.69 Å². The number of aromatic amines is 1. The van der Waals surface area contributed by atoms with Crippen LogP contribution in [0.15, 0.2) is 53.7 Å². The Morgan fingerprint density at radius 3 is 2.80 bits per heavy atom. The van der Waals surface area contributed by atoms with Crippen LogP contribution in [0.1, 0.15) is 28.9 Å². The van der Waals surface area contributed by atoms with Crippen molar-refractivity contribution < 1.29 is 4.52 Å². The molecule has 4 heterocycles. The summed E-state index contributed by atoms with van der Waals surface area (Å²) in [7, 11) is 4.08. The number of benzene rings is 1. The van der Waals surface area contributed by atoms with E-state index in [2.05, 4.69) is 64.1 Å². The molecule has 0 fully saturated rings. The van der Waals surface area contributed by atoms with E-state index in [-0.39, 0.29) is 6.04 Å². The van der Waals surface area contributed by atoms with Crippen molar-refractivity contribution in [2.45, 2.75) is 25.6 Å². The second-order valence-electron chi connectivity index (χ2n) is 7.56. The molecule has 0 amide bonds. The molecule has 1 N–H and O–H groups in total. The first kappa shape index (κ1) is 18.4. The fourth-order valence-electron chi connectivity index (χ4n) is 3.72. The Morgan fingerprint density at radius 1 is 1.17 bits per heavy atom. The molecule has 0 saturated heterocycles. The Labute approximate surface area is 173 Å². The van der Waals surface area contributed by atoms with E-state index >= 15 is 0 Å². The molecule has 1 aliphatic rings. The Bertz CT molecular complexity index is 1120. The van der Waals surface area contributed by atoms with E-state index in [1.165, 1.54) is 11.3 Å². The number of imidazole rings is 1. The van der Waals surface area contributed by atoms with E-state index in [1.807, 2.05) is 14.1 Å². The lowest BCUT2D eigenvalue weighted by Crippen LogP contribution is -2.34. The highest BCUT2D eigenvalue weighted by Gasteiger charge is 2.33. The third kappa shape index (κ3) is 3.55. The molecule has 0 aliphatic carbocycles. The lowest BCUT2D eigenvalue weighted by molar-refractivity contribution is 0.128. The lowest BCUT2D eigenvalue weighted by atomic mass is 10.0. The summed E-state index contributed by atoms with van der Waals surface area (Å²) in [5.74, 6) is 1.01. The van der Waals surface area contributed by atoms with Gasteiger partial charge in [0.05, 0.1) is 30.0 Å². The second kappa shape index (κ2) is 7.68. The summed E-state index contributed by atoms with van der Waals surface area (Å²) >= 11 is 0. The zero-order chi connectivity index (χ0) is 20.5. The molecule has 152 valence electrons. The van der Waals surface area contributed by atoms with E-state index in [0.29, 0.717) is 23.8 Å². The minimum Gasteiger partial charge on any atom is -0.378 e. The van der Waals surface area contributed by atoms with Crippen molar-refractivity contribution in [3.05, 3.63) is 72.0 Å². The monoisotopic (exact) mass is 402 g/mol. The first-order valence-electron chi connectivity index (χ1n) is 9.79. The van der Waals surface area contributed by atoms with Gasteiger partial charge in [-0.05, 0) is 17.7 Å². The summed E-state index contributed by atoms with van der Waals surface area (Å²) < 4.78 is 5.65. The molecule has 0 saturated carbocycles. The van der Waals surface area contributed by atoms with Crippen LogP contribution >= 0.6 is 0 Å². The van der Waals surface area contributed by atoms with Gasteiger partial charge in [0.25, 0.3) is 0 Å². The number of hydrogen-bond acceptors (Lipinski definition) is 8. The van der Waals surface area contributed by atoms with E-state index in [0.717, 1.165) is 24.5 Å². The van der Waals surface area contributed by atoms with Crippen LogP contribution in [0.5, 0.6) is 0 Å². The highest BCUT2D eigenvalue weighted by Crippen LogP contribution is 2.33. The smallest absolute Gasteiger partial charge is 0.244 e. The minimum atomic E-state index is -0.0627. The number of anilines is 1. The van der Waals surface area contributed by atoms with Crippen molar-refractivity contribution in [2.75, 3.05) is 19.0 Å². The molecular formula is C21H22N8O. The van der Waals surface area contributed by atoms with Gasteiger partial charge in [-0.3, -0.25) is 9.88 Å². The van der Waals surface area contributed by atoms with Gasteiger partial charge >= 0.3 is 0 Å². The first-order chi connectivity index (χ1) is 14.7. The maximum atomic E-state index is 5.65. The van der Waals surface area contributed by atoms with Gasteiger partial charge in [-0.1, -0.05) is 17.3 Å². The van der Waals surface area contributed by atoms with Crippen LogP contribution in [0.4, 0.5) is 5.69 Å². The average Bonchev–Trinajstić information content (AvgIpc) is 3.43. The zero-order valence-corrected chi connectivity index (χ0v) is 16.9. The summed E-state index contributed by atoms with van der Waals surface area (Å²) in [5.41, 5.74) is 5.16. The predicted molar refractivity (Wildman–Crippen MR) is 110 cm³/mol. The van der Waals surface area contributed by atoms with Crippen molar-refractivity contribution in [2.24, 2.45) is 0 Å². The topological polar surface area (TPSA) is 99.9 Å². The van der Waals surface area contributed by atoms with Crippen LogP contribution in [-0.4, -0.2) is 49.1 Å². The Morgan fingerprint density at radius 2 is 2.03 bits per heavy atom. The van der Waals surface area contributed by atoms with Crippen LogP contribution in [0.2, 0.25) is 0 Å². The van der Waals surface area contributed by atoms with Crippen LogP contribution in [0, 0.1) is 0 Å². The molecule has 3 aromatic heterocycles. The van der Waals surface area contributed by atoms with Gasteiger partial charge < -0.3 is 14.4 Å². The van der Waals surface area contributed by atoms with Crippen molar-refractivity contribution in [1.82, 2.24) is 35.0 Å². The lowest BCUT2D eigenvalue weighted by Gasteiger charge is -2.32. The van der Waals surface area contributed by atoms with Gasteiger partial charge in [-0.25, -0.2) is 9.97 Å². The fraction of sp³-hybridized carbons (Fsp3) is 0.286. The first-order valence-corrected chi connectivity index (χ1v) is 9.79. The molecular weight excluding hydrogens is 380 g/mol. The van der Waals surface area contributed by atoms with Crippen molar-refractivity contribution in [3.8, 4) is 11.5 Å². The van der Waals surface area contributed by atoms with Crippen LogP contribution in [0.25, 0.3) is 11.5 Å². The number of H-pyrrole nitrogens is 1. The predicted octanol–water partition coefficient (Wildman–Crippen LogP) is 2.62. The summed E-state index contributed by atoms with van der Waals surface area (Å²) in [5, 5.41) is 4.13. The normalized spacial score (nSPS) is 16.4. The molecule has 9 heteroatoms. The molecule has 1 atom stereocenters. The van der Waals surface area contributed by atoms with Gasteiger partial charge in [0.2, 0.25) is 11.7 Å². The molecule has 30 heavy (non-hydrogen) atoms. The van der Waals surface area contributed by atoms with Gasteiger partial charge in [-0.2, -0.15) is 4.98 Å². The standard InChI is InChI=1S/C21H22N8O/c1-28(2)15-5-3-14(4-6-15)11-29-12-18-16(24-13-25-18)9-19(29)21-26-20(27-30-21)17-10-22-7-8-23-17/h3-8,10,13,19H,9,11-12H2,1-2H3,(H,24,25). The molecule has 0 spiro atoms. The third-order valence-corrected chi connectivity index (χ3v) is 5.35. The molecule has 4 aromatic rings. The van der Waals surface area contributed by atoms with Gasteiger partial charge in [0.15, 0.2) is 0 Å². The molecule has 1 aliphatic heterocycles. The van der Waals surface area contributed by atoms with Crippen LogP contribution < -0.4 is 4.90 Å². The summed E-state index contributed by atoms with van der Waals surface area (Å²) in [6, 6.07) is 8.53. The van der Waals surface area contributed by atoms with E-state index in [4.69, 9.17) is 4.52 Å². The molecule has 1 aromatic carbocycles. The van der Waals surface area contributed by atoms with Crippen molar-refractivity contribution in [3.63, 3.8) is 0 Å². The van der Waals surface area contributed by atoms with Crippen molar-refractivity contribution in [1.29, 1.82) is 0 Å². The van der Waals surface area contributed by atoms with Crippen LogP contribution in [-0.2, 0) is 19.5 Å². The molecule has 5 rings (SSSR count). The molecule has 0 bridgehead atoms. The Hall–Kier alpha value is -3.59. The highest BCUT2D eigenvalue weighted by molar-refractivity contribution is 5.46. The summed E-state index contributed by atoms with van der Waals surface area (Å²) in [6.45, 7) is 1.50. The SMILES string of the molecule is CN(C)c1ccc(CN2Cc3[nH]cnc3CC2c2nc(-c3cnccn3)no2)cc1. The maximum Gasteiger partial charge on any atom is 0.244 e. The maximum absolute atomic E-state index is 5.65. The molecule has 9 nitrogen and oxygen atoms in total.